The Morgan fingerprint density at radius 2 is 1.88 bits per heavy atom. The number of benzene rings is 2. The zero-order chi connectivity index (χ0) is 23.1. The second kappa shape index (κ2) is 8.71. The topological polar surface area (TPSA) is 82.6 Å². The monoisotopic (exact) mass is 508 g/mol. The lowest BCUT2D eigenvalue weighted by atomic mass is 9.91. The maximum atomic E-state index is 13.4. The molecule has 1 aromatic heterocycles. The molecule has 3 aromatic rings. The van der Waals surface area contributed by atoms with Gasteiger partial charge < -0.3 is 19.7 Å². The van der Waals surface area contributed by atoms with E-state index in [0.29, 0.717) is 15.8 Å². The van der Waals surface area contributed by atoms with Gasteiger partial charge in [-0.15, -0.1) is 0 Å². The van der Waals surface area contributed by atoms with Crippen molar-refractivity contribution in [3.05, 3.63) is 69.8 Å². The summed E-state index contributed by atoms with van der Waals surface area (Å²) < 4.78 is 5.94. The molecule has 2 aliphatic rings. The lowest BCUT2D eigenvalue weighted by Gasteiger charge is -2.35. The van der Waals surface area contributed by atoms with Crippen molar-refractivity contribution in [2.75, 3.05) is 7.11 Å². The number of H-pyrrole nitrogens is 1. The third-order valence-electron chi connectivity index (χ3n) is 6.79. The molecule has 1 saturated carbocycles. The molecule has 0 bridgehead atoms. The number of ether oxygens (including phenoxy) is 1. The Kier molecular flexibility index (Phi) is 5.74. The first-order valence-electron chi connectivity index (χ1n) is 11.2. The minimum absolute atomic E-state index is 0.0261. The number of aromatic amines is 1. The first kappa shape index (κ1) is 21.8. The van der Waals surface area contributed by atoms with E-state index in [1.807, 2.05) is 30.5 Å². The van der Waals surface area contributed by atoms with Gasteiger partial charge in [0.1, 0.15) is 11.5 Å². The van der Waals surface area contributed by atoms with Crippen molar-refractivity contribution in [1.29, 1.82) is 0 Å². The fraction of sp³-hybridized carbons (Fsp3) is 0.308. The summed E-state index contributed by atoms with van der Waals surface area (Å²) in [4.78, 5) is 31.7. The molecule has 6 nitrogen and oxygen atoms in total. The van der Waals surface area contributed by atoms with Crippen molar-refractivity contribution < 1.29 is 19.4 Å². The van der Waals surface area contributed by atoms with Crippen molar-refractivity contribution in [2.45, 2.75) is 44.2 Å². The number of aliphatic hydroxyl groups excluding tert-OH is 1. The summed E-state index contributed by atoms with van der Waals surface area (Å²) in [6.45, 7) is 0. The number of carbonyl (C=O) groups is 2. The third-order valence-corrected chi connectivity index (χ3v) is 7.41. The van der Waals surface area contributed by atoms with Gasteiger partial charge in [0.2, 0.25) is 0 Å². The Labute approximate surface area is 200 Å². The lowest BCUT2D eigenvalue weighted by molar-refractivity contribution is -0.141. The Morgan fingerprint density at radius 1 is 1.12 bits per heavy atom. The van der Waals surface area contributed by atoms with E-state index in [0.717, 1.165) is 48.6 Å². The first-order valence-corrected chi connectivity index (χ1v) is 12.0. The first-order chi connectivity index (χ1) is 16.0. The molecule has 1 aliphatic carbocycles. The number of fused-ring (bicyclic) bond motifs is 1. The number of aromatic nitrogens is 1. The summed E-state index contributed by atoms with van der Waals surface area (Å²) in [6.07, 6.45) is 6.77. The number of halogens is 1. The molecule has 5 rings (SSSR count). The zero-order valence-corrected chi connectivity index (χ0v) is 19.9. The molecule has 1 saturated heterocycles. The van der Waals surface area contributed by atoms with E-state index in [4.69, 9.17) is 4.74 Å². The smallest absolute Gasteiger partial charge is 0.295 e. The quantitative estimate of drug-likeness (QED) is 0.269. The van der Waals surface area contributed by atoms with E-state index in [9.17, 15) is 14.7 Å². The van der Waals surface area contributed by atoms with Crippen molar-refractivity contribution in [1.82, 2.24) is 9.88 Å². The molecule has 2 aromatic carbocycles. The van der Waals surface area contributed by atoms with Crippen LogP contribution in [0.15, 0.2) is 58.7 Å². The summed E-state index contributed by atoms with van der Waals surface area (Å²) in [7, 11) is 1.56. The minimum atomic E-state index is -0.648. The molecule has 2 N–H and O–H groups in total. The van der Waals surface area contributed by atoms with Gasteiger partial charge in [0.25, 0.3) is 11.7 Å². The van der Waals surface area contributed by atoms with Crippen LogP contribution in [0.3, 0.4) is 0 Å². The molecule has 170 valence electrons. The molecule has 7 heteroatoms. The van der Waals surface area contributed by atoms with Gasteiger partial charge in [-0.05, 0) is 53.0 Å². The lowest BCUT2D eigenvalue weighted by Crippen LogP contribution is -2.40. The average Bonchev–Trinajstić information content (AvgIpc) is 3.37. The molecule has 1 aliphatic heterocycles. The number of rotatable bonds is 4. The zero-order valence-electron chi connectivity index (χ0n) is 18.3. The molecule has 0 spiro atoms. The standard InChI is InChI=1S/C26H25BrN2O4/c1-33-21-12-11-15(13-19(21)27)24(30)22-23(18-14-28-20-10-6-5-9-17(18)20)29(26(32)25(22)31)16-7-3-2-4-8-16/h5-6,9-14,16,23,28,30H,2-4,7-8H2,1H3/b24-22+. The number of likely N-dealkylation sites (tertiary alicyclic amines) is 1. The van der Waals surface area contributed by atoms with Crippen molar-refractivity contribution in [2.24, 2.45) is 0 Å². The van der Waals surface area contributed by atoms with Crippen LogP contribution in [0.2, 0.25) is 0 Å². The van der Waals surface area contributed by atoms with Gasteiger partial charge in [0.05, 0.1) is 23.2 Å². The second-order valence-corrected chi connectivity index (χ2v) is 9.49. The van der Waals surface area contributed by atoms with Gasteiger partial charge in [-0.2, -0.15) is 0 Å². The molecule has 0 radical (unpaired) electrons. The summed E-state index contributed by atoms with van der Waals surface area (Å²) in [6, 6.07) is 12.3. The average molecular weight is 509 g/mol. The third kappa shape index (κ3) is 3.64. The fourth-order valence-corrected chi connectivity index (χ4v) is 5.72. The molecule has 2 heterocycles. The van der Waals surface area contributed by atoms with Crippen LogP contribution in [0.4, 0.5) is 0 Å². The highest BCUT2D eigenvalue weighted by Crippen LogP contribution is 2.45. The predicted octanol–water partition coefficient (Wildman–Crippen LogP) is 5.69. The summed E-state index contributed by atoms with van der Waals surface area (Å²) >= 11 is 3.45. The van der Waals surface area contributed by atoms with E-state index in [1.165, 1.54) is 0 Å². The van der Waals surface area contributed by atoms with E-state index in [-0.39, 0.29) is 17.4 Å². The fourth-order valence-electron chi connectivity index (χ4n) is 5.18. The van der Waals surface area contributed by atoms with Crippen LogP contribution < -0.4 is 4.74 Å². The van der Waals surface area contributed by atoms with E-state index in [2.05, 4.69) is 20.9 Å². The largest absolute Gasteiger partial charge is 0.507 e. The summed E-state index contributed by atoms with van der Waals surface area (Å²) in [5.74, 6) is -0.737. The van der Waals surface area contributed by atoms with Crippen LogP contribution in [0.1, 0.15) is 49.3 Å². The van der Waals surface area contributed by atoms with Gasteiger partial charge in [0, 0.05) is 34.3 Å². The maximum absolute atomic E-state index is 13.4. The van der Waals surface area contributed by atoms with Crippen LogP contribution in [0.5, 0.6) is 5.75 Å². The molecular weight excluding hydrogens is 484 g/mol. The summed E-state index contributed by atoms with van der Waals surface area (Å²) in [5, 5.41) is 12.3. The van der Waals surface area contributed by atoms with Crippen LogP contribution >= 0.6 is 15.9 Å². The van der Waals surface area contributed by atoms with E-state index < -0.39 is 17.7 Å². The number of amides is 1. The highest BCUT2D eigenvalue weighted by Gasteiger charge is 2.49. The number of hydrogen-bond acceptors (Lipinski definition) is 4. The van der Waals surface area contributed by atoms with Gasteiger partial charge in [0.15, 0.2) is 0 Å². The molecular formula is C26H25BrN2O4. The number of ketones is 1. The van der Waals surface area contributed by atoms with Crippen LogP contribution in [0.25, 0.3) is 16.7 Å². The number of Topliss-reactive ketones (excluding diaryl/α,β-unsaturated/α-hetero) is 1. The van der Waals surface area contributed by atoms with E-state index >= 15 is 0 Å². The minimum Gasteiger partial charge on any atom is -0.507 e. The van der Waals surface area contributed by atoms with Crippen LogP contribution in [0, 0.1) is 0 Å². The number of aliphatic hydroxyl groups is 1. The van der Waals surface area contributed by atoms with Gasteiger partial charge in [-0.25, -0.2) is 0 Å². The Hall–Kier alpha value is -3.06. The number of carbonyl (C=O) groups excluding carboxylic acids is 2. The van der Waals surface area contributed by atoms with Gasteiger partial charge >= 0.3 is 0 Å². The van der Waals surface area contributed by atoms with E-state index in [1.54, 1.807) is 30.2 Å². The second-order valence-electron chi connectivity index (χ2n) is 8.64. The number of para-hydroxylation sites is 1. The molecule has 2 fully saturated rings. The van der Waals surface area contributed by atoms with Crippen LogP contribution in [-0.4, -0.2) is 39.8 Å². The number of hydrogen-bond donors (Lipinski definition) is 2. The summed E-state index contributed by atoms with van der Waals surface area (Å²) in [5.41, 5.74) is 2.33. The van der Waals surface area contributed by atoms with Crippen molar-refractivity contribution in [3.8, 4) is 5.75 Å². The Morgan fingerprint density at radius 3 is 2.61 bits per heavy atom. The van der Waals surface area contributed by atoms with Crippen molar-refractivity contribution in [3.63, 3.8) is 0 Å². The number of nitrogens with one attached hydrogen (secondary N) is 1. The molecule has 1 atom stereocenters. The predicted molar refractivity (Wildman–Crippen MR) is 130 cm³/mol. The highest BCUT2D eigenvalue weighted by molar-refractivity contribution is 9.10. The molecule has 1 unspecified atom stereocenters. The Balaban J connectivity index is 1.71. The highest BCUT2D eigenvalue weighted by atomic mass is 79.9. The van der Waals surface area contributed by atoms with Gasteiger partial charge in [-0.1, -0.05) is 37.5 Å². The Bertz CT molecular complexity index is 1270. The van der Waals surface area contributed by atoms with Gasteiger partial charge in [-0.3, -0.25) is 9.59 Å². The molecule has 1 amide bonds. The SMILES string of the molecule is COc1ccc(/C(O)=C2\C(=O)C(=O)N(C3CCCCC3)C2c2c[nH]c3ccccc23)cc1Br. The maximum Gasteiger partial charge on any atom is 0.295 e. The normalized spacial score (nSPS) is 21.2. The van der Waals surface area contributed by atoms with Crippen molar-refractivity contribution >= 4 is 44.3 Å². The molecule has 33 heavy (non-hydrogen) atoms. The number of nitrogens with zero attached hydrogens (tertiary/aromatic N) is 1. The number of methoxy groups -OCH3 is 1. The van der Waals surface area contributed by atoms with Crippen LogP contribution in [-0.2, 0) is 9.59 Å².